The quantitative estimate of drug-likeness (QED) is 0.660. The fraction of sp³-hybridized carbons (Fsp3) is 0.381. The molecule has 174 valence electrons. The number of carbonyl (C=O) groups is 1. The highest BCUT2D eigenvalue weighted by atomic mass is 35.5. The summed E-state index contributed by atoms with van der Waals surface area (Å²) in [6, 6.07) is 6.17. The highest BCUT2D eigenvalue weighted by Crippen LogP contribution is 2.38. The zero-order chi connectivity index (χ0) is 23.8. The maximum Gasteiger partial charge on any atom is 0.255 e. The molecule has 0 spiro atoms. The minimum Gasteiger partial charge on any atom is -0.504 e. The van der Waals surface area contributed by atoms with Gasteiger partial charge in [-0.25, -0.2) is 17.5 Å². The highest BCUT2D eigenvalue weighted by molar-refractivity contribution is 7.89. The third-order valence-corrected chi connectivity index (χ3v) is 7.17. The van der Waals surface area contributed by atoms with Gasteiger partial charge < -0.3 is 14.9 Å². The van der Waals surface area contributed by atoms with Crippen molar-refractivity contribution in [2.24, 2.45) is 0 Å². The number of carbonyl (C=O) groups excluding carboxylic acids is 1. The third kappa shape index (κ3) is 5.46. The van der Waals surface area contributed by atoms with Crippen LogP contribution in [0.3, 0.4) is 0 Å². The number of phenols is 1. The maximum absolute atomic E-state index is 13.3. The number of amides is 1. The number of hydrogen-bond acceptors (Lipinski definition) is 5. The molecule has 0 aliphatic carbocycles. The minimum atomic E-state index is -3.87. The molecule has 0 saturated carbocycles. The van der Waals surface area contributed by atoms with Crippen molar-refractivity contribution in [1.82, 2.24) is 9.62 Å². The summed E-state index contributed by atoms with van der Waals surface area (Å²) in [5, 5.41) is 10.4. The highest BCUT2D eigenvalue weighted by Gasteiger charge is 2.28. The summed E-state index contributed by atoms with van der Waals surface area (Å²) in [5.74, 6) is -1.09. The molecule has 7 nitrogen and oxygen atoms in total. The molecule has 0 bridgehead atoms. The van der Waals surface area contributed by atoms with E-state index in [4.69, 9.17) is 23.2 Å². The smallest absolute Gasteiger partial charge is 0.255 e. The zero-order valence-corrected chi connectivity index (χ0v) is 20.2. The van der Waals surface area contributed by atoms with Gasteiger partial charge in [-0.2, -0.15) is 0 Å². The van der Waals surface area contributed by atoms with Gasteiger partial charge in [-0.05, 0) is 51.1 Å². The van der Waals surface area contributed by atoms with Crippen LogP contribution >= 0.6 is 23.2 Å². The summed E-state index contributed by atoms with van der Waals surface area (Å²) in [7, 11) is -3.87. The van der Waals surface area contributed by atoms with Gasteiger partial charge in [-0.15, -0.1) is 0 Å². The number of phenolic OH excluding ortho intramolecular Hbond substituents is 1. The van der Waals surface area contributed by atoms with Crippen molar-refractivity contribution in [2.75, 3.05) is 31.1 Å². The van der Waals surface area contributed by atoms with Crippen LogP contribution < -0.4 is 9.62 Å². The monoisotopic (exact) mass is 503 g/mol. The van der Waals surface area contributed by atoms with Gasteiger partial charge in [0.15, 0.2) is 5.75 Å². The van der Waals surface area contributed by atoms with Gasteiger partial charge in [-0.3, -0.25) is 4.79 Å². The average molecular weight is 504 g/mol. The number of nitrogens with zero attached hydrogens (tertiary/aromatic N) is 2. The van der Waals surface area contributed by atoms with Crippen LogP contribution in [0, 0.1) is 5.82 Å². The van der Waals surface area contributed by atoms with Crippen molar-refractivity contribution in [3.63, 3.8) is 0 Å². The van der Waals surface area contributed by atoms with E-state index in [1.165, 1.54) is 24.3 Å². The number of rotatable bonds is 4. The second-order valence-electron chi connectivity index (χ2n) is 8.53. The van der Waals surface area contributed by atoms with Crippen LogP contribution in [0.2, 0.25) is 10.0 Å². The van der Waals surface area contributed by atoms with Gasteiger partial charge in [0, 0.05) is 31.7 Å². The number of halogens is 3. The lowest BCUT2D eigenvalue weighted by Crippen LogP contribution is -2.49. The van der Waals surface area contributed by atoms with E-state index in [1.54, 1.807) is 30.6 Å². The van der Waals surface area contributed by atoms with E-state index in [-0.39, 0.29) is 37.8 Å². The first-order valence-corrected chi connectivity index (χ1v) is 12.1. The summed E-state index contributed by atoms with van der Waals surface area (Å²) in [6.45, 7) is 6.39. The Morgan fingerprint density at radius 2 is 1.69 bits per heavy atom. The van der Waals surface area contributed by atoms with Crippen LogP contribution in [0.15, 0.2) is 35.2 Å². The molecule has 32 heavy (non-hydrogen) atoms. The Balaban J connectivity index is 1.80. The van der Waals surface area contributed by atoms with Gasteiger partial charge in [0.1, 0.15) is 5.82 Å². The number of piperazine rings is 1. The Kier molecular flexibility index (Phi) is 6.95. The lowest BCUT2D eigenvalue weighted by Gasteiger charge is -2.36. The number of hydrogen-bond donors (Lipinski definition) is 2. The number of anilines is 1. The molecule has 1 saturated heterocycles. The van der Waals surface area contributed by atoms with E-state index in [9.17, 15) is 22.7 Å². The van der Waals surface area contributed by atoms with E-state index in [1.807, 2.05) is 0 Å². The van der Waals surface area contributed by atoms with Gasteiger partial charge in [0.25, 0.3) is 5.91 Å². The van der Waals surface area contributed by atoms with Crippen molar-refractivity contribution < 1.29 is 22.7 Å². The van der Waals surface area contributed by atoms with Crippen LogP contribution in [0.5, 0.6) is 5.75 Å². The lowest BCUT2D eigenvalue weighted by molar-refractivity contribution is 0.0747. The number of benzene rings is 2. The Bertz CT molecular complexity index is 1140. The van der Waals surface area contributed by atoms with E-state index in [0.717, 1.165) is 6.07 Å². The second-order valence-corrected chi connectivity index (χ2v) is 11.0. The Morgan fingerprint density at radius 1 is 1.06 bits per heavy atom. The molecule has 1 aliphatic rings. The van der Waals surface area contributed by atoms with Crippen LogP contribution in [-0.2, 0) is 10.0 Å². The van der Waals surface area contributed by atoms with Crippen LogP contribution in [0.25, 0.3) is 0 Å². The van der Waals surface area contributed by atoms with Crippen molar-refractivity contribution in [3.05, 3.63) is 51.8 Å². The largest absolute Gasteiger partial charge is 0.504 e. The molecule has 2 aromatic rings. The predicted molar refractivity (Wildman–Crippen MR) is 123 cm³/mol. The summed E-state index contributed by atoms with van der Waals surface area (Å²) in [6.07, 6.45) is 0. The molecular weight excluding hydrogens is 480 g/mol. The second kappa shape index (κ2) is 9.05. The first-order chi connectivity index (χ1) is 14.8. The molecule has 1 amide bonds. The molecule has 1 aliphatic heterocycles. The summed E-state index contributed by atoms with van der Waals surface area (Å²) in [4.78, 5) is 16.0. The van der Waals surface area contributed by atoms with E-state index in [2.05, 4.69) is 4.72 Å². The molecule has 2 aromatic carbocycles. The Hall–Kier alpha value is -2.07. The van der Waals surface area contributed by atoms with Gasteiger partial charge in [0.2, 0.25) is 10.0 Å². The molecule has 1 fully saturated rings. The average Bonchev–Trinajstić information content (AvgIpc) is 2.68. The minimum absolute atomic E-state index is 0.0334. The standard InChI is InChI=1S/C21H24Cl2FN3O4S/c1-21(2,3)25-32(30,31)14-11-17(23)19(28)18(12-14)26-6-8-27(9-7-26)20(29)15-5-4-13(24)10-16(15)22/h4-5,10-12,25,28H,6-9H2,1-3H3. The molecule has 0 unspecified atom stereocenters. The Labute approximate surface area is 196 Å². The topological polar surface area (TPSA) is 89.9 Å². The van der Waals surface area contributed by atoms with E-state index in [0.29, 0.717) is 26.2 Å². The molecule has 0 atom stereocenters. The lowest BCUT2D eigenvalue weighted by atomic mass is 10.1. The summed E-state index contributed by atoms with van der Waals surface area (Å²) in [5.41, 5.74) is -0.232. The number of nitrogens with one attached hydrogen (secondary N) is 1. The molecule has 3 rings (SSSR count). The normalized spacial score (nSPS) is 15.2. The summed E-state index contributed by atoms with van der Waals surface area (Å²) < 4.78 is 41.3. The first kappa shape index (κ1) is 24.6. The fourth-order valence-electron chi connectivity index (χ4n) is 3.40. The van der Waals surface area contributed by atoms with E-state index >= 15 is 0 Å². The molecule has 0 aromatic heterocycles. The van der Waals surface area contributed by atoms with Crippen LogP contribution in [-0.4, -0.2) is 56.0 Å². The van der Waals surface area contributed by atoms with Gasteiger partial charge >= 0.3 is 0 Å². The molecular formula is C21H24Cl2FN3O4S. The van der Waals surface area contributed by atoms with Crippen molar-refractivity contribution in [1.29, 1.82) is 0 Å². The van der Waals surface area contributed by atoms with Crippen molar-refractivity contribution in [2.45, 2.75) is 31.2 Å². The maximum atomic E-state index is 13.3. The zero-order valence-electron chi connectivity index (χ0n) is 17.8. The van der Waals surface area contributed by atoms with Gasteiger partial charge in [0.05, 0.1) is 26.2 Å². The fourth-order valence-corrected chi connectivity index (χ4v) is 5.39. The summed E-state index contributed by atoms with van der Waals surface area (Å²) >= 11 is 12.1. The number of sulfonamides is 1. The van der Waals surface area contributed by atoms with Crippen molar-refractivity contribution >= 4 is 44.8 Å². The van der Waals surface area contributed by atoms with Gasteiger partial charge in [-0.1, -0.05) is 23.2 Å². The first-order valence-electron chi connectivity index (χ1n) is 9.84. The third-order valence-electron chi connectivity index (χ3n) is 4.84. The molecule has 1 heterocycles. The number of aromatic hydroxyl groups is 1. The molecule has 11 heteroatoms. The van der Waals surface area contributed by atoms with Crippen LogP contribution in [0.4, 0.5) is 10.1 Å². The predicted octanol–water partition coefficient (Wildman–Crippen LogP) is 3.88. The van der Waals surface area contributed by atoms with Crippen molar-refractivity contribution in [3.8, 4) is 5.75 Å². The van der Waals surface area contributed by atoms with E-state index < -0.39 is 21.4 Å². The molecule has 0 radical (unpaired) electrons. The molecule has 2 N–H and O–H groups in total. The SMILES string of the molecule is CC(C)(C)NS(=O)(=O)c1cc(Cl)c(O)c(N2CCN(C(=O)c3ccc(F)cc3Cl)CC2)c1. The Morgan fingerprint density at radius 3 is 2.25 bits per heavy atom. The van der Waals surface area contributed by atoms with Crippen LogP contribution in [0.1, 0.15) is 31.1 Å².